The minimum atomic E-state index is -0.341. The number of aryl methyl sites for hydroxylation is 2. The molecular weight excluding hydrogens is 280 g/mol. The standard InChI is InChI=1S/C15H22N6O/c1-9-11(10(2)20-19-9)5-7-21(3)15(22)14-13-12(4-6-16-14)17-8-18-13/h8,14,16H,4-7H2,1-3H3,(H,17,18)(H,19,20). The topological polar surface area (TPSA) is 89.7 Å². The molecule has 7 heteroatoms. The number of carbonyl (C=O) groups is 1. The first kappa shape index (κ1) is 14.8. The molecule has 3 rings (SSSR count). The monoisotopic (exact) mass is 302 g/mol. The molecular formula is C15H22N6O. The van der Waals surface area contributed by atoms with Gasteiger partial charge in [-0.2, -0.15) is 5.10 Å². The van der Waals surface area contributed by atoms with Crippen molar-refractivity contribution >= 4 is 5.91 Å². The highest BCUT2D eigenvalue weighted by Gasteiger charge is 2.30. The molecule has 0 aromatic carbocycles. The lowest BCUT2D eigenvalue weighted by atomic mass is 10.0. The van der Waals surface area contributed by atoms with Crippen LogP contribution in [0.25, 0.3) is 0 Å². The van der Waals surface area contributed by atoms with Crippen LogP contribution >= 0.6 is 0 Å². The molecule has 1 aliphatic heterocycles. The normalized spacial score (nSPS) is 17.3. The first-order chi connectivity index (χ1) is 10.6. The molecule has 2 aromatic rings. The highest BCUT2D eigenvalue weighted by atomic mass is 16.2. The van der Waals surface area contributed by atoms with E-state index in [1.54, 1.807) is 11.2 Å². The van der Waals surface area contributed by atoms with E-state index in [4.69, 9.17) is 0 Å². The lowest BCUT2D eigenvalue weighted by molar-refractivity contribution is -0.132. The van der Waals surface area contributed by atoms with Gasteiger partial charge in [0.15, 0.2) is 0 Å². The van der Waals surface area contributed by atoms with E-state index in [0.717, 1.165) is 42.2 Å². The van der Waals surface area contributed by atoms with Gasteiger partial charge in [0.05, 0.1) is 17.7 Å². The summed E-state index contributed by atoms with van der Waals surface area (Å²) < 4.78 is 0. The van der Waals surface area contributed by atoms with Crippen LogP contribution in [0.15, 0.2) is 6.33 Å². The summed E-state index contributed by atoms with van der Waals surface area (Å²) >= 11 is 0. The molecule has 1 unspecified atom stereocenters. The Hall–Kier alpha value is -2.15. The Balaban J connectivity index is 1.66. The Morgan fingerprint density at radius 1 is 1.45 bits per heavy atom. The van der Waals surface area contributed by atoms with Crippen molar-refractivity contribution in [3.63, 3.8) is 0 Å². The Labute approximate surface area is 129 Å². The maximum Gasteiger partial charge on any atom is 0.245 e. The molecule has 0 saturated carbocycles. The Morgan fingerprint density at radius 2 is 2.27 bits per heavy atom. The predicted molar refractivity (Wildman–Crippen MR) is 82.4 cm³/mol. The van der Waals surface area contributed by atoms with Crippen LogP contribution in [-0.2, 0) is 17.6 Å². The molecule has 2 aromatic heterocycles. The van der Waals surface area contributed by atoms with Crippen LogP contribution < -0.4 is 5.32 Å². The first-order valence-corrected chi connectivity index (χ1v) is 7.59. The van der Waals surface area contributed by atoms with Gasteiger partial charge in [0.25, 0.3) is 0 Å². The average Bonchev–Trinajstić information content (AvgIpc) is 3.11. The van der Waals surface area contributed by atoms with Crippen molar-refractivity contribution in [3.8, 4) is 0 Å². The summed E-state index contributed by atoms with van der Waals surface area (Å²) in [6.07, 6.45) is 3.35. The van der Waals surface area contributed by atoms with Gasteiger partial charge in [-0.15, -0.1) is 0 Å². The van der Waals surface area contributed by atoms with Crippen LogP contribution in [0, 0.1) is 13.8 Å². The molecule has 22 heavy (non-hydrogen) atoms. The van der Waals surface area contributed by atoms with Crippen molar-refractivity contribution in [1.29, 1.82) is 0 Å². The predicted octanol–water partition coefficient (Wildman–Crippen LogP) is 0.638. The van der Waals surface area contributed by atoms with E-state index in [9.17, 15) is 4.79 Å². The molecule has 118 valence electrons. The van der Waals surface area contributed by atoms with Crippen LogP contribution in [0.2, 0.25) is 0 Å². The number of carbonyl (C=O) groups excluding carboxylic acids is 1. The second-order valence-corrected chi connectivity index (χ2v) is 5.83. The van der Waals surface area contributed by atoms with Gasteiger partial charge < -0.3 is 15.2 Å². The van der Waals surface area contributed by atoms with Crippen molar-refractivity contribution in [2.75, 3.05) is 20.1 Å². The average molecular weight is 302 g/mol. The second-order valence-electron chi connectivity index (χ2n) is 5.83. The van der Waals surface area contributed by atoms with Crippen LogP contribution in [-0.4, -0.2) is 51.1 Å². The molecule has 7 nitrogen and oxygen atoms in total. The Kier molecular flexibility index (Phi) is 3.98. The van der Waals surface area contributed by atoms with Crippen molar-refractivity contribution < 1.29 is 4.79 Å². The second kappa shape index (κ2) is 5.92. The van der Waals surface area contributed by atoms with Crippen molar-refractivity contribution in [3.05, 3.63) is 34.7 Å². The van der Waals surface area contributed by atoms with E-state index in [-0.39, 0.29) is 11.9 Å². The summed E-state index contributed by atoms with van der Waals surface area (Å²) in [5, 5.41) is 10.4. The number of likely N-dealkylation sites (N-methyl/N-ethyl adjacent to an activating group) is 1. The third-order valence-electron chi connectivity index (χ3n) is 4.35. The summed E-state index contributed by atoms with van der Waals surface area (Å²) in [6, 6.07) is -0.341. The van der Waals surface area contributed by atoms with E-state index in [0.29, 0.717) is 6.54 Å². The van der Waals surface area contributed by atoms with Gasteiger partial charge in [-0.05, 0) is 25.8 Å². The number of rotatable bonds is 4. The Bertz CT molecular complexity index is 654. The summed E-state index contributed by atoms with van der Waals surface area (Å²) in [5.41, 5.74) is 5.16. The zero-order valence-electron chi connectivity index (χ0n) is 13.2. The molecule has 3 heterocycles. The molecule has 0 fully saturated rings. The minimum Gasteiger partial charge on any atom is -0.348 e. The number of hydrogen-bond acceptors (Lipinski definition) is 4. The zero-order chi connectivity index (χ0) is 15.7. The number of aromatic nitrogens is 4. The van der Waals surface area contributed by atoms with Gasteiger partial charge in [0.2, 0.25) is 5.91 Å². The zero-order valence-corrected chi connectivity index (χ0v) is 13.2. The van der Waals surface area contributed by atoms with E-state index >= 15 is 0 Å². The number of nitrogens with one attached hydrogen (secondary N) is 3. The number of hydrogen-bond donors (Lipinski definition) is 3. The minimum absolute atomic E-state index is 0.0619. The largest absolute Gasteiger partial charge is 0.348 e. The lowest BCUT2D eigenvalue weighted by Gasteiger charge is -2.27. The maximum absolute atomic E-state index is 12.7. The van der Waals surface area contributed by atoms with E-state index < -0.39 is 0 Å². The maximum atomic E-state index is 12.7. The van der Waals surface area contributed by atoms with Crippen LogP contribution in [0.5, 0.6) is 0 Å². The van der Waals surface area contributed by atoms with E-state index in [2.05, 4.69) is 25.5 Å². The summed E-state index contributed by atoms with van der Waals surface area (Å²) in [5.74, 6) is 0.0619. The number of H-pyrrole nitrogens is 2. The fourth-order valence-electron chi connectivity index (χ4n) is 2.98. The molecule has 1 aliphatic rings. The number of imidazole rings is 1. The van der Waals surface area contributed by atoms with Gasteiger partial charge in [0, 0.05) is 37.9 Å². The number of fused-ring (bicyclic) bond motifs is 1. The molecule has 0 saturated heterocycles. The fourth-order valence-corrected chi connectivity index (χ4v) is 2.98. The summed E-state index contributed by atoms with van der Waals surface area (Å²) in [6.45, 7) is 5.45. The van der Waals surface area contributed by atoms with Crippen molar-refractivity contribution in [2.24, 2.45) is 0 Å². The highest BCUT2D eigenvalue weighted by Crippen LogP contribution is 2.21. The number of amides is 1. The number of nitrogens with zero attached hydrogens (tertiary/aromatic N) is 3. The van der Waals surface area contributed by atoms with Gasteiger partial charge in [-0.1, -0.05) is 0 Å². The first-order valence-electron chi connectivity index (χ1n) is 7.59. The van der Waals surface area contributed by atoms with Crippen LogP contribution in [0.3, 0.4) is 0 Å². The quantitative estimate of drug-likeness (QED) is 0.773. The third kappa shape index (κ3) is 2.64. The molecule has 1 amide bonds. The SMILES string of the molecule is Cc1n[nH]c(C)c1CCN(C)C(=O)C1NCCc2[nH]cnc21. The highest BCUT2D eigenvalue weighted by molar-refractivity contribution is 5.83. The van der Waals surface area contributed by atoms with Gasteiger partial charge in [-0.25, -0.2) is 4.98 Å². The van der Waals surface area contributed by atoms with E-state index in [1.165, 1.54) is 5.56 Å². The summed E-state index contributed by atoms with van der Waals surface area (Å²) in [7, 11) is 1.84. The summed E-state index contributed by atoms with van der Waals surface area (Å²) in [4.78, 5) is 21.9. The molecule has 0 radical (unpaired) electrons. The van der Waals surface area contributed by atoms with E-state index in [1.807, 2.05) is 20.9 Å². The van der Waals surface area contributed by atoms with Gasteiger partial charge in [-0.3, -0.25) is 9.89 Å². The van der Waals surface area contributed by atoms with Crippen LogP contribution in [0.1, 0.15) is 34.4 Å². The van der Waals surface area contributed by atoms with Gasteiger partial charge >= 0.3 is 0 Å². The Morgan fingerprint density at radius 3 is 3.00 bits per heavy atom. The lowest BCUT2D eigenvalue weighted by Crippen LogP contribution is -2.43. The van der Waals surface area contributed by atoms with Crippen molar-refractivity contribution in [2.45, 2.75) is 32.7 Å². The molecule has 0 bridgehead atoms. The van der Waals surface area contributed by atoms with Crippen LogP contribution in [0.4, 0.5) is 0 Å². The number of aromatic amines is 2. The smallest absolute Gasteiger partial charge is 0.245 e. The fraction of sp³-hybridized carbons (Fsp3) is 0.533. The van der Waals surface area contributed by atoms with Gasteiger partial charge in [0.1, 0.15) is 6.04 Å². The third-order valence-corrected chi connectivity index (χ3v) is 4.35. The molecule has 3 N–H and O–H groups in total. The molecule has 1 atom stereocenters. The molecule has 0 aliphatic carbocycles. The molecule has 0 spiro atoms. The van der Waals surface area contributed by atoms with Crippen molar-refractivity contribution in [1.82, 2.24) is 30.4 Å².